The summed E-state index contributed by atoms with van der Waals surface area (Å²) in [5, 5.41) is 11.6. The van der Waals surface area contributed by atoms with Gasteiger partial charge in [-0.1, -0.05) is 17.7 Å². The molecule has 0 spiro atoms. The minimum Gasteiger partial charge on any atom is -0.492 e. The van der Waals surface area contributed by atoms with Gasteiger partial charge in [-0.25, -0.2) is 8.42 Å². The van der Waals surface area contributed by atoms with Crippen LogP contribution in [0.15, 0.2) is 41.3 Å². The van der Waals surface area contributed by atoms with Crippen LogP contribution in [0.2, 0.25) is 0 Å². The Morgan fingerprint density at radius 3 is 2.47 bits per heavy atom. The third kappa shape index (κ3) is 4.69. The van der Waals surface area contributed by atoms with Crippen molar-refractivity contribution in [1.82, 2.24) is 19.3 Å². The van der Waals surface area contributed by atoms with E-state index in [1.54, 1.807) is 26.0 Å². The largest absolute Gasteiger partial charge is 0.492 e. The standard InChI is InChI=1S/C24H29N5O4S/c1-5-33-21-11-9-19(15-22(21)34(31,32)28-12-6-7-13-28)25-24(30)23-18(4)26-29(27-23)20-10-8-16(2)14-17(20)3/h8-11,14-15H,5-7,12-13H2,1-4H3,(H,25,30). The molecule has 0 saturated carbocycles. The Labute approximate surface area is 199 Å². The van der Waals surface area contributed by atoms with Gasteiger partial charge in [0, 0.05) is 18.8 Å². The van der Waals surface area contributed by atoms with Gasteiger partial charge in [0.2, 0.25) is 10.0 Å². The molecule has 0 unspecified atom stereocenters. The summed E-state index contributed by atoms with van der Waals surface area (Å²) in [5.74, 6) is -0.202. The average molecular weight is 484 g/mol. The van der Waals surface area contributed by atoms with Crippen LogP contribution in [-0.4, -0.2) is 53.3 Å². The van der Waals surface area contributed by atoms with E-state index >= 15 is 0 Å². The maximum Gasteiger partial charge on any atom is 0.278 e. The van der Waals surface area contributed by atoms with Crippen molar-refractivity contribution in [3.63, 3.8) is 0 Å². The number of rotatable bonds is 7. The Bertz CT molecular complexity index is 1330. The SMILES string of the molecule is CCOc1ccc(NC(=O)c2nn(-c3ccc(C)cc3C)nc2C)cc1S(=O)(=O)N1CCCC1. The van der Waals surface area contributed by atoms with Gasteiger partial charge < -0.3 is 10.1 Å². The molecular weight excluding hydrogens is 454 g/mol. The number of aromatic nitrogens is 3. The van der Waals surface area contributed by atoms with E-state index in [1.807, 2.05) is 32.0 Å². The van der Waals surface area contributed by atoms with Gasteiger partial charge >= 0.3 is 0 Å². The summed E-state index contributed by atoms with van der Waals surface area (Å²) in [7, 11) is -3.74. The second-order valence-electron chi connectivity index (χ2n) is 8.37. The summed E-state index contributed by atoms with van der Waals surface area (Å²) in [6.07, 6.45) is 1.66. The van der Waals surface area contributed by atoms with Crippen molar-refractivity contribution in [2.24, 2.45) is 0 Å². The minimum absolute atomic E-state index is 0.0460. The molecule has 1 aliphatic heterocycles. The van der Waals surface area contributed by atoms with Gasteiger partial charge in [0.05, 0.1) is 18.0 Å². The lowest BCUT2D eigenvalue weighted by atomic mass is 10.1. The summed E-state index contributed by atoms with van der Waals surface area (Å²) in [4.78, 5) is 14.5. The highest BCUT2D eigenvalue weighted by Gasteiger charge is 2.30. The number of benzene rings is 2. The molecule has 1 amide bonds. The lowest BCUT2D eigenvalue weighted by Crippen LogP contribution is -2.28. The quantitative estimate of drug-likeness (QED) is 0.550. The van der Waals surface area contributed by atoms with E-state index in [9.17, 15) is 13.2 Å². The first-order valence-corrected chi connectivity index (χ1v) is 12.7. The molecule has 0 radical (unpaired) electrons. The normalized spacial score (nSPS) is 14.4. The van der Waals surface area contributed by atoms with Crippen LogP contribution in [0.4, 0.5) is 5.69 Å². The molecule has 0 atom stereocenters. The Hall–Kier alpha value is -3.24. The number of nitrogens with one attached hydrogen (secondary N) is 1. The molecule has 1 fully saturated rings. The van der Waals surface area contributed by atoms with E-state index in [1.165, 1.54) is 15.2 Å². The molecule has 2 heterocycles. The van der Waals surface area contributed by atoms with Crippen molar-refractivity contribution < 1.29 is 17.9 Å². The molecule has 34 heavy (non-hydrogen) atoms. The van der Waals surface area contributed by atoms with Crippen molar-refractivity contribution in [1.29, 1.82) is 0 Å². The minimum atomic E-state index is -3.74. The van der Waals surface area contributed by atoms with Gasteiger partial charge in [0.15, 0.2) is 5.69 Å². The predicted molar refractivity (Wildman–Crippen MR) is 129 cm³/mol. The maximum absolute atomic E-state index is 13.2. The van der Waals surface area contributed by atoms with E-state index in [4.69, 9.17) is 4.74 Å². The molecule has 4 rings (SSSR count). The van der Waals surface area contributed by atoms with Crippen LogP contribution in [0.5, 0.6) is 5.75 Å². The van der Waals surface area contributed by atoms with Crippen LogP contribution in [0.1, 0.15) is 47.1 Å². The summed E-state index contributed by atoms with van der Waals surface area (Å²) in [5.41, 5.74) is 3.87. The highest BCUT2D eigenvalue weighted by molar-refractivity contribution is 7.89. The number of nitrogens with zero attached hydrogens (tertiary/aromatic N) is 4. The van der Waals surface area contributed by atoms with Crippen molar-refractivity contribution in [2.45, 2.75) is 45.4 Å². The number of aryl methyl sites for hydroxylation is 3. The second-order valence-corrected chi connectivity index (χ2v) is 10.3. The predicted octanol–water partition coefficient (Wildman–Crippen LogP) is 3.63. The van der Waals surface area contributed by atoms with Crippen molar-refractivity contribution in [3.05, 3.63) is 58.9 Å². The van der Waals surface area contributed by atoms with Crippen LogP contribution in [-0.2, 0) is 10.0 Å². The molecule has 9 nitrogen and oxygen atoms in total. The topological polar surface area (TPSA) is 106 Å². The molecule has 0 bridgehead atoms. The first-order valence-electron chi connectivity index (χ1n) is 11.3. The second kappa shape index (κ2) is 9.55. The van der Waals surface area contributed by atoms with Gasteiger partial charge in [-0.15, -0.1) is 5.10 Å². The lowest BCUT2D eigenvalue weighted by molar-refractivity contribution is 0.102. The monoisotopic (exact) mass is 483 g/mol. The van der Waals surface area contributed by atoms with Crippen molar-refractivity contribution >= 4 is 21.6 Å². The zero-order valence-electron chi connectivity index (χ0n) is 19.8. The number of amides is 1. The molecule has 10 heteroatoms. The zero-order valence-corrected chi connectivity index (χ0v) is 20.6. The van der Waals surface area contributed by atoms with E-state index < -0.39 is 15.9 Å². The van der Waals surface area contributed by atoms with E-state index in [0.717, 1.165) is 29.7 Å². The molecule has 0 aliphatic carbocycles. The Balaban J connectivity index is 1.63. The maximum atomic E-state index is 13.2. The van der Waals surface area contributed by atoms with Crippen LogP contribution in [0, 0.1) is 20.8 Å². The Morgan fingerprint density at radius 2 is 1.79 bits per heavy atom. The number of anilines is 1. The fraction of sp³-hybridized carbons (Fsp3) is 0.375. The number of ether oxygens (including phenoxy) is 1. The first-order chi connectivity index (χ1) is 16.2. The summed E-state index contributed by atoms with van der Waals surface area (Å²) in [6.45, 7) is 8.76. The van der Waals surface area contributed by atoms with Crippen molar-refractivity contribution in [3.8, 4) is 11.4 Å². The van der Waals surface area contributed by atoms with E-state index in [0.29, 0.717) is 31.1 Å². The van der Waals surface area contributed by atoms with Crippen LogP contribution in [0.3, 0.4) is 0 Å². The highest BCUT2D eigenvalue weighted by atomic mass is 32.2. The smallest absolute Gasteiger partial charge is 0.278 e. The third-order valence-corrected chi connectivity index (χ3v) is 7.67. The molecule has 1 aliphatic rings. The Kier molecular flexibility index (Phi) is 6.72. The summed E-state index contributed by atoms with van der Waals surface area (Å²) < 4.78 is 33.5. The van der Waals surface area contributed by atoms with Crippen LogP contribution >= 0.6 is 0 Å². The van der Waals surface area contributed by atoms with Crippen molar-refractivity contribution in [2.75, 3.05) is 25.0 Å². The highest BCUT2D eigenvalue weighted by Crippen LogP contribution is 2.32. The summed E-state index contributed by atoms with van der Waals surface area (Å²) in [6, 6.07) is 10.5. The summed E-state index contributed by atoms with van der Waals surface area (Å²) >= 11 is 0. The van der Waals surface area contributed by atoms with E-state index in [-0.39, 0.29) is 16.3 Å². The fourth-order valence-corrected chi connectivity index (χ4v) is 5.72. The molecule has 180 valence electrons. The lowest BCUT2D eigenvalue weighted by Gasteiger charge is -2.19. The average Bonchev–Trinajstić information content (AvgIpc) is 3.45. The van der Waals surface area contributed by atoms with Gasteiger partial charge in [-0.3, -0.25) is 4.79 Å². The molecule has 3 aromatic rings. The first kappa shape index (κ1) is 23.9. The van der Waals surface area contributed by atoms with E-state index in [2.05, 4.69) is 15.5 Å². The number of hydrogen-bond acceptors (Lipinski definition) is 6. The third-order valence-electron chi connectivity index (χ3n) is 5.75. The van der Waals surface area contributed by atoms with Gasteiger partial charge in [-0.05, 0) is 70.4 Å². The molecule has 1 aromatic heterocycles. The molecular formula is C24H29N5O4S. The van der Waals surface area contributed by atoms with Gasteiger partial charge in [0.1, 0.15) is 10.6 Å². The fourth-order valence-electron chi connectivity index (χ4n) is 4.05. The number of sulfonamides is 1. The molecule has 1 saturated heterocycles. The van der Waals surface area contributed by atoms with Gasteiger partial charge in [0.25, 0.3) is 5.91 Å². The number of hydrogen-bond donors (Lipinski definition) is 1. The number of carbonyl (C=O) groups excluding carboxylic acids is 1. The molecule has 1 N–H and O–H groups in total. The van der Waals surface area contributed by atoms with Crippen LogP contribution < -0.4 is 10.1 Å². The van der Waals surface area contributed by atoms with Crippen LogP contribution in [0.25, 0.3) is 5.69 Å². The Morgan fingerprint density at radius 1 is 1.06 bits per heavy atom. The number of carbonyl (C=O) groups is 1. The van der Waals surface area contributed by atoms with Gasteiger partial charge in [-0.2, -0.15) is 14.2 Å². The molecule has 2 aromatic carbocycles. The zero-order chi connectivity index (χ0) is 24.5.